The zero-order valence-electron chi connectivity index (χ0n) is 22.6. The Morgan fingerprint density at radius 1 is 0.857 bits per heavy atom. The van der Waals surface area contributed by atoms with Crippen molar-refractivity contribution in [3.63, 3.8) is 0 Å². The molecular weight excluding hydrogens is 581 g/mol. The van der Waals surface area contributed by atoms with Gasteiger partial charge in [-0.1, -0.05) is 35.9 Å². The molecule has 0 radical (unpaired) electrons. The first kappa shape index (κ1) is 29.2. The first-order chi connectivity index (χ1) is 20.2. The Kier molecular flexibility index (Phi) is 8.86. The zero-order chi connectivity index (χ0) is 29.7. The fourth-order valence-electron chi connectivity index (χ4n) is 4.27. The first-order valence-electron chi connectivity index (χ1n) is 13.0. The molecule has 0 aliphatic carbocycles. The maximum Gasteiger partial charge on any atom is 0.271 e. The highest BCUT2D eigenvalue weighted by Gasteiger charge is 2.25. The molecule has 0 aromatic heterocycles. The van der Waals surface area contributed by atoms with Crippen LogP contribution in [0.2, 0.25) is 5.02 Å². The summed E-state index contributed by atoms with van der Waals surface area (Å²) in [5.41, 5.74) is 5.54. The molecule has 0 atom stereocenters. The van der Waals surface area contributed by atoms with Gasteiger partial charge in [-0.15, -0.1) is 0 Å². The summed E-state index contributed by atoms with van der Waals surface area (Å²) in [5, 5.41) is 4.63. The highest BCUT2D eigenvalue weighted by atomic mass is 35.5. The van der Waals surface area contributed by atoms with Gasteiger partial charge in [-0.05, 0) is 84.8 Å². The zero-order valence-corrected chi connectivity index (χ0v) is 24.2. The summed E-state index contributed by atoms with van der Waals surface area (Å²) >= 11 is 5.96. The van der Waals surface area contributed by atoms with Crippen molar-refractivity contribution in [3.8, 4) is 11.5 Å². The lowest BCUT2D eigenvalue weighted by atomic mass is 10.1. The maximum absolute atomic E-state index is 13.6. The highest BCUT2D eigenvalue weighted by Crippen LogP contribution is 2.31. The quantitative estimate of drug-likeness (QED) is 0.192. The average Bonchev–Trinajstić information content (AvgIpc) is 3.00. The Labute approximate surface area is 248 Å². The lowest BCUT2D eigenvalue weighted by Gasteiger charge is -2.23. The molecule has 0 fully saturated rings. The lowest BCUT2D eigenvalue weighted by Crippen LogP contribution is -2.30. The van der Waals surface area contributed by atoms with E-state index in [1.54, 1.807) is 49.4 Å². The molecule has 5 rings (SSSR count). The van der Waals surface area contributed by atoms with Gasteiger partial charge in [0.15, 0.2) is 11.5 Å². The Balaban J connectivity index is 1.30. The maximum atomic E-state index is 13.6. The van der Waals surface area contributed by atoms with Crippen LogP contribution in [0.25, 0.3) is 0 Å². The number of hydrogen-bond donors (Lipinski definition) is 1. The van der Waals surface area contributed by atoms with Crippen molar-refractivity contribution in [1.29, 1.82) is 0 Å². The number of carbonyl (C=O) groups excluding carboxylic acids is 1. The van der Waals surface area contributed by atoms with Crippen molar-refractivity contribution in [2.24, 2.45) is 5.10 Å². The minimum atomic E-state index is -3.93. The second-order valence-corrected chi connectivity index (χ2v) is 11.9. The van der Waals surface area contributed by atoms with E-state index in [2.05, 4.69) is 10.5 Å². The number of hydrogen-bond acceptors (Lipinski definition) is 6. The Morgan fingerprint density at radius 3 is 2.07 bits per heavy atom. The second kappa shape index (κ2) is 12.7. The van der Waals surface area contributed by atoms with E-state index in [9.17, 15) is 17.6 Å². The Hall–Kier alpha value is -4.25. The molecule has 4 aromatic rings. The molecule has 11 heteroatoms. The number of nitrogens with zero attached hydrogens (tertiary/aromatic N) is 2. The van der Waals surface area contributed by atoms with Crippen LogP contribution in [0.5, 0.6) is 11.5 Å². The molecule has 1 amide bonds. The third-order valence-corrected chi connectivity index (χ3v) is 8.64. The molecule has 0 saturated heterocycles. The van der Waals surface area contributed by atoms with Gasteiger partial charge in [0.05, 0.1) is 10.6 Å². The summed E-state index contributed by atoms with van der Waals surface area (Å²) in [5.74, 6) is 0.460. The number of ether oxygens (including phenoxy) is 2. The standard InChI is InChI=1S/C31H27ClFN3O5S/c1-21(25-8-15-29-30(18-25)41-17-16-40-29)34-35-31(37)24-6-2-22(3-7-24)19-36(20-23-4-11-27(33)12-5-23)42(38,39)28-13-9-26(32)10-14-28/h2-15,18H,16-17,19-20H2,1H3,(H,35,37). The predicted molar refractivity (Wildman–Crippen MR) is 158 cm³/mol. The van der Waals surface area contributed by atoms with Gasteiger partial charge in [0.25, 0.3) is 5.91 Å². The van der Waals surface area contributed by atoms with Gasteiger partial charge < -0.3 is 9.47 Å². The van der Waals surface area contributed by atoms with E-state index in [4.69, 9.17) is 21.1 Å². The number of fused-ring (bicyclic) bond motifs is 1. The van der Waals surface area contributed by atoms with Crippen molar-refractivity contribution >= 4 is 33.2 Å². The van der Waals surface area contributed by atoms with Gasteiger partial charge in [0.2, 0.25) is 10.0 Å². The van der Waals surface area contributed by atoms with E-state index in [0.29, 0.717) is 52.1 Å². The van der Waals surface area contributed by atoms with E-state index in [1.165, 1.54) is 40.7 Å². The van der Waals surface area contributed by atoms with E-state index in [-0.39, 0.29) is 18.0 Å². The number of halogens is 2. The van der Waals surface area contributed by atoms with Crippen molar-refractivity contribution in [2.45, 2.75) is 24.9 Å². The van der Waals surface area contributed by atoms with Gasteiger partial charge in [-0.25, -0.2) is 18.2 Å². The van der Waals surface area contributed by atoms with Crippen LogP contribution in [0.1, 0.15) is 34.0 Å². The van der Waals surface area contributed by atoms with E-state index < -0.39 is 21.7 Å². The third kappa shape index (κ3) is 6.96. The van der Waals surface area contributed by atoms with Gasteiger partial charge >= 0.3 is 0 Å². The van der Waals surface area contributed by atoms with Gasteiger partial charge in [-0.3, -0.25) is 4.79 Å². The number of amides is 1. The largest absolute Gasteiger partial charge is 0.486 e. The monoisotopic (exact) mass is 607 g/mol. The highest BCUT2D eigenvalue weighted by molar-refractivity contribution is 7.89. The van der Waals surface area contributed by atoms with Crippen LogP contribution in [-0.4, -0.2) is 37.6 Å². The Bertz CT molecular complexity index is 1710. The normalized spacial score (nSPS) is 13.2. The molecule has 1 aliphatic heterocycles. The summed E-state index contributed by atoms with van der Waals surface area (Å²) < 4.78 is 53.0. The van der Waals surface area contributed by atoms with Crippen molar-refractivity contribution in [1.82, 2.24) is 9.73 Å². The van der Waals surface area contributed by atoms with Crippen LogP contribution in [-0.2, 0) is 23.1 Å². The van der Waals surface area contributed by atoms with Crippen LogP contribution in [0, 0.1) is 5.82 Å². The second-order valence-electron chi connectivity index (χ2n) is 9.55. The number of carbonyl (C=O) groups is 1. The molecule has 0 unspecified atom stereocenters. The number of nitrogens with one attached hydrogen (secondary N) is 1. The van der Waals surface area contributed by atoms with Crippen molar-refractivity contribution in [2.75, 3.05) is 13.2 Å². The van der Waals surface area contributed by atoms with Gasteiger partial charge in [0.1, 0.15) is 19.0 Å². The minimum Gasteiger partial charge on any atom is -0.486 e. The molecule has 4 aromatic carbocycles. The number of sulfonamides is 1. The van der Waals surface area contributed by atoms with Gasteiger partial charge in [-0.2, -0.15) is 9.41 Å². The minimum absolute atomic E-state index is 0.0152. The Morgan fingerprint density at radius 2 is 1.43 bits per heavy atom. The molecule has 0 bridgehead atoms. The fourth-order valence-corrected chi connectivity index (χ4v) is 5.81. The summed E-state index contributed by atoms with van der Waals surface area (Å²) in [6.07, 6.45) is 0. The molecule has 1 N–H and O–H groups in total. The van der Waals surface area contributed by atoms with E-state index in [0.717, 1.165) is 5.56 Å². The summed E-state index contributed by atoms with van der Waals surface area (Å²) in [4.78, 5) is 12.9. The van der Waals surface area contributed by atoms with Crippen LogP contribution in [0.3, 0.4) is 0 Å². The summed E-state index contributed by atoms with van der Waals surface area (Å²) in [7, 11) is -3.93. The van der Waals surface area contributed by atoms with Crippen LogP contribution in [0.15, 0.2) is 101 Å². The SMILES string of the molecule is CC(=NNC(=O)c1ccc(CN(Cc2ccc(F)cc2)S(=O)(=O)c2ccc(Cl)cc2)cc1)c1ccc2c(c1)OCCO2. The van der Waals surface area contributed by atoms with Crippen LogP contribution < -0.4 is 14.9 Å². The molecule has 0 spiro atoms. The van der Waals surface area contributed by atoms with E-state index in [1.807, 2.05) is 12.1 Å². The van der Waals surface area contributed by atoms with Crippen molar-refractivity contribution in [3.05, 3.63) is 124 Å². The number of benzene rings is 4. The van der Waals surface area contributed by atoms with E-state index >= 15 is 0 Å². The molecule has 0 saturated carbocycles. The first-order valence-corrected chi connectivity index (χ1v) is 14.8. The molecule has 216 valence electrons. The lowest BCUT2D eigenvalue weighted by molar-refractivity contribution is 0.0954. The smallest absolute Gasteiger partial charge is 0.271 e. The third-order valence-electron chi connectivity index (χ3n) is 6.58. The average molecular weight is 608 g/mol. The van der Waals surface area contributed by atoms with Crippen LogP contribution in [0.4, 0.5) is 4.39 Å². The number of rotatable bonds is 9. The molecule has 8 nitrogen and oxygen atoms in total. The molecule has 1 aliphatic rings. The predicted octanol–water partition coefficient (Wildman–Crippen LogP) is 5.80. The summed E-state index contributed by atoms with van der Waals surface area (Å²) in [6.45, 7) is 2.77. The van der Waals surface area contributed by atoms with Crippen LogP contribution >= 0.6 is 11.6 Å². The molecule has 1 heterocycles. The molecule has 42 heavy (non-hydrogen) atoms. The number of hydrazone groups is 1. The summed E-state index contributed by atoms with van der Waals surface area (Å²) in [6, 6.07) is 23.6. The fraction of sp³-hybridized carbons (Fsp3) is 0.161. The van der Waals surface area contributed by atoms with Gasteiger partial charge in [0, 0.05) is 29.2 Å². The molecular formula is C31H27ClFN3O5S. The topological polar surface area (TPSA) is 97.3 Å². The van der Waals surface area contributed by atoms with Crippen molar-refractivity contribution < 1.29 is 27.1 Å².